The molecule has 1 fully saturated rings. The summed E-state index contributed by atoms with van der Waals surface area (Å²) in [6, 6.07) is 12.6. The minimum Gasteiger partial charge on any atom is -0.493 e. The molecule has 0 radical (unpaired) electrons. The van der Waals surface area contributed by atoms with Gasteiger partial charge >= 0.3 is 0 Å². The lowest BCUT2D eigenvalue weighted by Gasteiger charge is -2.40. The van der Waals surface area contributed by atoms with Crippen molar-refractivity contribution in [3.8, 4) is 11.5 Å². The monoisotopic (exact) mass is 489 g/mol. The van der Waals surface area contributed by atoms with Crippen molar-refractivity contribution in [3.05, 3.63) is 48.0 Å². The van der Waals surface area contributed by atoms with E-state index in [9.17, 15) is 9.67 Å². The molecule has 0 saturated heterocycles. The topological polar surface area (TPSA) is 68.2 Å². The molecule has 5 atom stereocenters. The Balaban J connectivity index is 2.07. The number of hydrogen-bond acceptors (Lipinski definition) is 6. The maximum Gasteiger partial charge on any atom is 0.264 e. The zero-order valence-corrected chi connectivity index (χ0v) is 22.4. The standard InChI is InChI=1S/C27H40NO5P/c1-18(2)23-14-8-19(3)16-25(23)33-34(30,22-12-10-21(11-13-22)28(4)5)27(29)20-9-15-24(31-6)26(17-20)32-7/h9-13,15,17-19,23,25,27,29H,8,14,16H2,1-7H3. The lowest BCUT2D eigenvalue weighted by Crippen LogP contribution is -2.35. The molecule has 1 saturated carbocycles. The summed E-state index contributed by atoms with van der Waals surface area (Å²) >= 11 is 0. The Bertz CT molecular complexity index is 991. The predicted octanol–water partition coefficient (Wildman–Crippen LogP) is 5.84. The van der Waals surface area contributed by atoms with E-state index in [4.69, 9.17) is 14.0 Å². The molecule has 7 heteroatoms. The lowest BCUT2D eigenvalue weighted by molar-refractivity contribution is 0.0427. The average molecular weight is 490 g/mol. The first-order valence-corrected chi connectivity index (χ1v) is 13.8. The minimum atomic E-state index is -3.72. The van der Waals surface area contributed by atoms with Crippen LogP contribution in [0.5, 0.6) is 11.5 Å². The number of methoxy groups -OCH3 is 2. The van der Waals surface area contributed by atoms with Crippen LogP contribution in [0.25, 0.3) is 0 Å². The zero-order chi connectivity index (χ0) is 25.0. The van der Waals surface area contributed by atoms with Gasteiger partial charge in [0.25, 0.3) is 7.37 Å². The molecule has 2 aromatic carbocycles. The smallest absolute Gasteiger partial charge is 0.264 e. The Kier molecular flexibility index (Phi) is 8.72. The van der Waals surface area contributed by atoms with Crippen molar-refractivity contribution >= 4 is 18.4 Å². The van der Waals surface area contributed by atoms with E-state index in [-0.39, 0.29) is 6.10 Å². The Morgan fingerprint density at radius 3 is 2.21 bits per heavy atom. The summed E-state index contributed by atoms with van der Waals surface area (Å²) in [5.74, 6) is 0.874. The van der Waals surface area contributed by atoms with Gasteiger partial charge in [0.15, 0.2) is 17.3 Å². The molecule has 0 bridgehead atoms. The summed E-state index contributed by atoms with van der Waals surface area (Å²) in [7, 11) is 3.30. The van der Waals surface area contributed by atoms with Crippen LogP contribution in [0.1, 0.15) is 51.4 Å². The minimum absolute atomic E-state index is 0.182. The van der Waals surface area contributed by atoms with Crippen molar-refractivity contribution in [2.24, 2.45) is 17.8 Å². The highest BCUT2D eigenvalue weighted by Gasteiger charge is 2.43. The number of nitrogens with zero attached hydrogens (tertiary/aromatic N) is 1. The maximum absolute atomic E-state index is 14.7. The van der Waals surface area contributed by atoms with Gasteiger partial charge in [-0.1, -0.05) is 33.3 Å². The third-order valence-corrected chi connectivity index (χ3v) is 9.55. The van der Waals surface area contributed by atoms with E-state index >= 15 is 0 Å². The van der Waals surface area contributed by atoms with Crippen molar-refractivity contribution in [2.45, 2.75) is 52.0 Å². The SMILES string of the molecule is COc1ccc(C(O)P(=O)(OC2CC(C)CCC2C(C)C)c2ccc(N(C)C)cc2)cc1OC. The molecule has 0 spiro atoms. The predicted molar refractivity (Wildman–Crippen MR) is 139 cm³/mol. The molecule has 1 aliphatic rings. The van der Waals surface area contributed by atoms with Crippen molar-refractivity contribution in [2.75, 3.05) is 33.2 Å². The van der Waals surface area contributed by atoms with E-state index in [1.807, 2.05) is 43.3 Å². The molecule has 2 aromatic rings. The van der Waals surface area contributed by atoms with E-state index in [0.717, 1.165) is 24.9 Å². The molecule has 0 amide bonds. The van der Waals surface area contributed by atoms with E-state index in [0.29, 0.717) is 40.1 Å². The largest absolute Gasteiger partial charge is 0.493 e. The van der Waals surface area contributed by atoms with Crippen LogP contribution in [-0.2, 0) is 9.09 Å². The fourth-order valence-electron chi connectivity index (χ4n) is 4.86. The van der Waals surface area contributed by atoms with Crippen LogP contribution >= 0.6 is 7.37 Å². The summed E-state index contributed by atoms with van der Waals surface area (Å²) in [6.45, 7) is 6.60. The molecule has 0 heterocycles. The number of anilines is 1. The van der Waals surface area contributed by atoms with Gasteiger partial charge in [-0.05, 0) is 72.6 Å². The number of aliphatic hydroxyl groups is 1. The van der Waals surface area contributed by atoms with Gasteiger partial charge in [-0.15, -0.1) is 0 Å². The Morgan fingerprint density at radius 1 is 1.00 bits per heavy atom. The molecule has 6 nitrogen and oxygen atoms in total. The van der Waals surface area contributed by atoms with E-state index in [1.165, 1.54) is 0 Å². The average Bonchev–Trinajstić information content (AvgIpc) is 2.82. The second-order valence-corrected chi connectivity index (χ2v) is 12.4. The highest BCUT2D eigenvalue weighted by molar-refractivity contribution is 7.67. The quantitative estimate of drug-likeness (QED) is 0.446. The summed E-state index contributed by atoms with van der Waals surface area (Å²) < 4.78 is 32.1. The first-order chi connectivity index (χ1) is 16.1. The third kappa shape index (κ3) is 5.62. The second-order valence-electron chi connectivity index (χ2n) is 9.97. The highest BCUT2D eigenvalue weighted by atomic mass is 31.2. The molecule has 1 N–H and O–H groups in total. The summed E-state index contributed by atoms with van der Waals surface area (Å²) in [5, 5.41) is 12.1. The third-order valence-electron chi connectivity index (χ3n) is 7.01. The summed E-state index contributed by atoms with van der Waals surface area (Å²) in [5.41, 5.74) is 1.46. The van der Waals surface area contributed by atoms with Crippen LogP contribution in [0, 0.1) is 17.8 Å². The molecule has 0 aliphatic heterocycles. The molecule has 3 rings (SSSR count). The number of hydrogen-bond donors (Lipinski definition) is 1. The number of benzene rings is 2. The van der Waals surface area contributed by atoms with Crippen LogP contribution < -0.4 is 19.7 Å². The molecule has 0 aromatic heterocycles. The Labute approximate surface area is 204 Å². The van der Waals surface area contributed by atoms with Gasteiger partial charge in [0.1, 0.15) is 0 Å². The van der Waals surface area contributed by atoms with Gasteiger partial charge in [0.2, 0.25) is 0 Å². The van der Waals surface area contributed by atoms with Gasteiger partial charge in [-0.3, -0.25) is 4.57 Å². The van der Waals surface area contributed by atoms with E-state index in [1.54, 1.807) is 32.4 Å². The van der Waals surface area contributed by atoms with E-state index < -0.39 is 13.2 Å². The Hall–Kier alpha value is -2.01. The molecular weight excluding hydrogens is 449 g/mol. The van der Waals surface area contributed by atoms with Crippen LogP contribution in [0.15, 0.2) is 42.5 Å². The molecule has 34 heavy (non-hydrogen) atoms. The molecule has 1 aliphatic carbocycles. The fourth-order valence-corrected chi connectivity index (χ4v) is 7.15. The van der Waals surface area contributed by atoms with Crippen LogP contribution in [0.4, 0.5) is 5.69 Å². The molecule has 188 valence electrons. The van der Waals surface area contributed by atoms with Crippen LogP contribution in [0.3, 0.4) is 0 Å². The normalized spacial score (nSPS) is 23.3. The summed E-state index contributed by atoms with van der Waals surface area (Å²) in [4.78, 5) is 1.98. The number of aliphatic hydroxyl groups excluding tert-OH is 1. The maximum atomic E-state index is 14.7. The van der Waals surface area contributed by atoms with Gasteiger partial charge in [0, 0.05) is 25.1 Å². The van der Waals surface area contributed by atoms with Crippen molar-refractivity contribution in [1.82, 2.24) is 0 Å². The number of ether oxygens (including phenoxy) is 2. The summed E-state index contributed by atoms with van der Waals surface area (Å²) in [6.07, 6.45) is 2.83. The molecule has 5 unspecified atom stereocenters. The van der Waals surface area contributed by atoms with Crippen LogP contribution in [0.2, 0.25) is 0 Å². The molecular formula is C27H40NO5P. The highest BCUT2D eigenvalue weighted by Crippen LogP contribution is 2.61. The van der Waals surface area contributed by atoms with E-state index in [2.05, 4.69) is 20.8 Å². The first-order valence-electron chi connectivity index (χ1n) is 12.1. The zero-order valence-electron chi connectivity index (χ0n) is 21.5. The van der Waals surface area contributed by atoms with Gasteiger partial charge < -0.3 is 24.0 Å². The Morgan fingerprint density at radius 2 is 1.65 bits per heavy atom. The number of rotatable bonds is 9. The lowest BCUT2D eigenvalue weighted by atomic mass is 9.75. The van der Waals surface area contributed by atoms with Gasteiger partial charge in [-0.2, -0.15) is 0 Å². The second kappa shape index (κ2) is 11.2. The van der Waals surface area contributed by atoms with Crippen molar-refractivity contribution in [1.29, 1.82) is 0 Å². The van der Waals surface area contributed by atoms with Gasteiger partial charge in [-0.25, -0.2) is 0 Å². The van der Waals surface area contributed by atoms with Crippen LogP contribution in [-0.4, -0.2) is 39.5 Å². The van der Waals surface area contributed by atoms with Crippen molar-refractivity contribution in [3.63, 3.8) is 0 Å². The van der Waals surface area contributed by atoms with Crippen molar-refractivity contribution < 1.29 is 23.7 Å². The first kappa shape index (κ1) is 26.6. The fraction of sp³-hybridized carbons (Fsp3) is 0.556. The van der Waals surface area contributed by atoms with Gasteiger partial charge in [0.05, 0.1) is 20.3 Å².